The summed E-state index contributed by atoms with van der Waals surface area (Å²) in [7, 11) is 0. The fourth-order valence-electron chi connectivity index (χ4n) is 1.21. The quantitative estimate of drug-likeness (QED) is 0.835. The second-order valence-electron chi connectivity index (χ2n) is 3.30. The van der Waals surface area contributed by atoms with Gasteiger partial charge in [-0.25, -0.2) is 9.97 Å². The summed E-state index contributed by atoms with van der Waals surface area (Å²) in [5, 5.41) is 2.58. The van der Waals surface area contributed by atoms with E-state index in [1.54, 1.807) is 0 Å². The van der Waals surface area contributed by atoms with Gasteiger partial charge in [-0.2, -0.15) is 13.2 Å². The van der Waals surface area contributed by atoms with Crippen molar-refractivity contribution in [2.24, 2.45) is 0 Å². The molecule has 0 aromatic carbocycles. The second kappa shape index (κ2) is 4.04. The number of hydrogen-bond acceptors (Lipinski definition) is 4. The molecule has 0 saturated heterocycles. The highest BCUT2D eigenvalue weighted by Gasteiger charge is 2.27. The van der Waals surface area contributed by atoms with Gasteiger partial charge in [0.1, 0.15) is 6.54 Å². The predicted molar refractivity (Wildman–Crippen MR) is 54.7 cm³/mol. The highest BCUT2D eigenvalue weighted by atomic mass is 19.4. The van der Waals surface area contributed by atoms with Gasteiger partial charge in [0, 0.05) is 23.8 Å². The van der Waals surface area contributed by atoms with Crippen molar-refractivity contribution in [1.29, 1.82) is 0 Å². The molecule has 0 unspecified atom stereocenters. The minimum Gasteiger partial charge on any atom is -0.345 e. The second-order valence-corrected chi connectivity index (χ2v) is 3.30. The maximum atomic E-state index is 11.9. The molecular formula is C9H7F3N4O. The summed E-state index contributed by atoms with van der Waals surface area (Å²) in [4.78, 5) is 20.9. The summed E-state index contributed by atoms with van der Waals surface area (Å²) < 4.78 is 35.8. The van der Waals surface area contributed by atoms with Crippen LogP contribution in [-0.2, 0) is 0 Å². The third-order valence-corrected chi connectivity index (χ3v) is 1.93. The van der Waals surface area contributed by atoms with E-state index in [0.717, 1.165) is 0 Å². The van der Waals surface area contributed by atoms with Gasteiger partial charge in [0.2, 0.25) is 11.5 Å². The van der Waals surface area contributed by atoms with Gasteiger partial charge in [0.15, 0.2) is 0 Å². The molecule has 2 heterocycles. The number of hydrogen-bond donors (Lipinski definition) is 2. The lowest BCUT2D eigenvalue weighted by Crippen LogP contribution is -2.22. The Morgan fingerprint density at radius 3 is 2.88 bits per heavy atom. The normalized spacial score (nSPS) is 11.7. The number of halogens is 3. The molecule has 0 aliphatic rings. The predicted octanol–water partition coefficient (Wildman–Crippen LogP) is 1.29. The number of H-pyrrole nitrogens is 1. The van der Waals surface area contributed by atoms with Crippen LogP contribution in [0.25, 0.3) is 10.9 Å². The average molecular weight is 244 g/mol. The van der Waals surface area contributed by atoms with E-state index in [9.17, 15) is 18.0 Å². The van der Waals surface area contributed by atoms with E-state index in [0.29, 0.717) is 5.39 Å². The lowest BCUT2D eigenvalue weighted by molar-refractivity contribution is -0.115. The minimum atomic E-state index is -4.34. The van der Waals surface area contributed by atoms with E-state index in [1.165, 1.54) is 18.5 Å². The molecule has 0 aliphatic carbocycles. The van der Waals surface area contributed by atoms with E-state index in [1.807, 2.05) is 5.32 Å². The SMILES string of the molecule is O=c1cc2nc(NCC(F)(F)F)ncc2c[nH]1. The number of pyridine rings is 1. The standard InChI is InChI=1S/C9H7F3N4O/c10-9(11,12)4-15-8-14-3-5-2-13-7(17)1-6(5)16-8/h1-3H,4H2,(H,13,17)(H,14,15,16). The number of fused-ring (bicyclic) bond motifs is 1. The smallest absolute Gasteiger partial charge is 0.345 e. The summed E-state index contributed by atoms with van der Waals surface area (Å²) >= 11 is 0. The first kappa shape index (κ1) is 11.4. The number of rotatable bonds is 2. The van der Waals surface area contributed by atoms with Gasteiger partial charge in [0.25, 0.3) is 0 Å². The first-order valence-corrected chi connectivity index (χ1v) is 4.60. The van der Waals surface area contributed by atoms with Crippen molar-refractivity contribution in [2.45, 2.75) is 6.18 Å². The zero-order valence-corrected chi connectivity index (χ0v) is 8.38. The van der Waals surface area contributed by atoms with E-state index < -0.39 is 12.7 Å². The Kier molecular flexibility index (Phi) is 2.70. The van der Waals surface area contributed by atoms with Gasteiger partial charge in [-0.1, -0.05) is 0 Å². The number of nitrogens with one attached hydrogen (secondary N) is 2. The summed E-state index contributed by atoms with van der Waals surface area (Å²) in [6.45, 7) is -1.22. The molecule has 0 fully saturated rings. The summed E-state index contributed by atoms with van der Waals surface area (Å²) in [6.07, 6.45) is -1.62. The van der Waals surface area contributed by atoms with Crippen molar-refractivity contribution >= 4 is 16.9 Å². The molecule has 0 spiro atoms. The van der Waals surface area contributed by atoms with Crippen molar-refractivity contribution in [2.75, 3.05) is 11.9 Å². The van der Waals surface area contributed by atoms with Crippen LogP contribution in [0.2, 0.25) is 0 Å². The Labute approximate surface area is 92.7 Å². The molecule has 0 bridgehead atoms. The van der Waals surface area contributed by atoms with E-state index in [4.69, 9.17) is 0 Å². The van der Waals surface area contributed by atoms with Gasteiger partial charge in [0.05, 0.1) is 5.52 Å². The van der Waals surface area contributed by atoms with Crippen LogP contribution >= 0.6 is 0 Å². The van der Waals surface area contributed by atoms with Gasteiger partial charge < -0.3 is 10.3 Å². The number of anilines is 1. The minimum absolute atomic E-state index is 0.166. The molecule has 0 amide bonds. The Balaban J connectivity index is 2.28. The lowest BCUT2D eigenvalue weighted by Gasteiger charge is -2.08. The molecular weight excluding hydrogens is 237 g/mol. The molecule has 90 valence electrons. The van der Waals surface area contributed by atoms with Crippen LogP contribution in [0.1, 0.15) is 0 Å². The van der Waals surface area contributed by atoms with Crippen LogP contribution < -0.4 is 10.9 Å². The van der Waals surface area contributed by atoms with Crippen molar-refractivity contribution in [3.8, 4) is 0 Å². The Bertz CT molecular complexity index is 593. The van der Waals surface area contributed by atoms with E-state index in [2.05, 4.69) is 15.0 Å². The maximum absolute atomic E-state index is 11.9. The molecule has 17 heavy (non-hydrogen) atoms. The fourth-order valence-corrected chi connectivity index (χ4v) is 1.21. The molecule has 0 atom stereocenters. The number of nitrogens with zero attached hydrogens (tertiary/aromatic N) is 2. The average Bonchev–Trinajstić information content (AvgIpc) is 2.24. The first-order valence-electron chi connectivity index (χ1n) is 4.60. The number of alkyl halides is 3. The van der Waals surface area contributed by atoms with Gasteiger partial charge in [-0.3, -0.25) is 4.79 Å². The molecule has 2 aromatic rings. The molecule has 0 aliphatic heterocycles. The van der Waals surface area contributed by atoms with Crippen LogP contribution in [0, 0.1) is 0 Å². The molecule has 2 aromatic heterocycles. The molecule has 5 nitrogen and oxygen atoms in total. The zero-order chi connectivity index (χ0) is 12.5. The fraction of sp³-hybridized carbons (Fsp3) is 0.222. The van der Waals surface area contributed by atoms with Gasteiger partial charge >= 0.3 is 6.18 Å². The van der Waals surface area contributed by atoms with Gasteiger partial charge in [-0.05, 0) is 0 Å². The van der Waals surface area contributed by atoms with Crippen LogP contribution in [0.4, 0.5) is 19.1 Å². The molecule has 2 rings (SSSR count). The van der Waals surface area contributed by atoms with Crippen molar-refractivity contribution in [3.63, 3.8) is 0 Å². The lowest BCUT2D eigenvalue weighted by atomic mass is 10.3. The maximum Gasteiger partial charge on any atom is 0.405 e. The highest BCUT2D eigenvalue weighted by Crippen LogP contribution is 2.15. The molecule has 0 radical (unpaired) electrons. The van der Waals surface area contributed by atoms with E-state index in [-0.39, 0.29) is 17.0 Å². The van der Waals surface area contributed by atoms with Gasteiger partial charge in [-0.15, -0.1) is 0 Å². The molecule has 0 saturated carbocycles. The van der Waals surface area contributed by atoms with Crippen LogP contribution in [0.15, 0.2) is 23.3 Å². The van der Waals surface area contributed by atoms with Crippen LogP contribution in [-0.4, -0.2) is 27.7 Å². The van der Waals surface area contributed by atoms with Crippen LogP contribution in [0.3, 0.4) is 0 Å². The summed E-state index contributed by atoms with van der Waals surface area (Å²) in [5.41, 5.74) is -0.0913. The zero-order valence-electron chi connectivity index (χ0n) is 8.38. The van der Waals surface area contributed by atoms with Crippen LogP contribution in [0.5, 0.6) is 0 Å². The van der Waals surface area contributed by atoms with Crippen molar-refractivity contribution in [1.82, 2.24) is 15.0 Å². The summed E-state index contributed by atoms with van der Waals surface area (Å²) in [5.74, 6) is -0.166. The van der Waals surface area contributed by atoms with E-state index >= 15 is 0 Å². The Hall–Kier alpha value is -2.12. The largest absolute Gasteiger partial charge is 0.405 e. The molecule has 8 heteroatoms. The summed E-state index contributed by atoms with van der Waals surface area (Å²) in [6, 6.07) is 1.19. The number of aromatic nitrogens is 3. The topological polar surface area (TPSA) is 70.7 Å². The highest BCUT2D eigenvalue weighted by molar-refractivity contribution is 5.77. The molecule has 2 N–H and O–H groups in total. The third-order valence-electron chi connectivity index (χ3n) is 1.93. The third kappa shape index (κ3) is 2.92. The first-order chi connectivity index (χ1) is 7.94. The van der Waals surface area contributed by atoms with Crippen molar-refractivity contribution < 1.29 is 13.2 Å². The monoisotopic (exact) mass is 244 g/mol. The number of aromatic amines is 1. The van der Waals surface area contributed by atoms with Crippen molar-refractivity contribution in [3.05, 3.63) is 28.8 Å². The Morgan fingerprint density at radius 2 is 2.18 bits per heavy atom. The Morgan fingerprint density at radius 1 is 1.41 bits per heavy atom.